The van der Waals surface area contributed by atoms with Crippen molar-refractivity contribution in [1.29, 1.82) is 0 Å². The number of benzene rings is 3. The van der Waals surface area contributed by atoms with Crippen LogP contribution in [0.4, 0.5) is 5.69 Å². The summed E-state index contributed by atoms with van der Waals surface area (Å²) in [6.07, 6.45) is 0.432. The summed E-state index contributed by atoms with van der Waals surface area (Å²) < 4.78 is 39.4. The summed E-state index contributed by atoms with van der Waals surface area (Å²) in [5, 5.41) is 4.64. The predicted molar refractivity (Wildman–Crippen MR) is 134 cm³/mol. The number of aryl methyl sites for hydroxylation is 1. The van der Waals surface area contributed by atoms with Crippen molar-refractivity contribution in [2.75, 3.05) is 33.2 Å². The predicted octanol–water partition coefficient (Wildman–Crippen LogP) is 4.62. The highest BCUT2D eigenvalue weighted by Gasteiger charge is 2.38. The van der Waals surface area contributed by atoms with Gasteiger partial charge in [-0.15, -0.1) is 0 Å². The van der Waals surface area contributed by atoms with E-state index in [4.69, 9.17) is 9.47 Å². The number of methoxy groups -OCH3 is 2. The van der Waals surface area contributed by atoms with Gasteiger partial charge in [-0.25, -0.2) is 0 Å². The summed E-state index contributed by atoms with van der Waals surface area (Å²) in [6.45, 7) is 1.92. The van der Waals surface area contributed by atoms with E-state index in [1.807, 2.05) is 62.3 Å². The molecule has 4 rings (SSSR count). The summed E-state index contributed by atoms with van der Waals surface area (Å²) in [6, 6.07) is 19.7. The van der Waals surface area contributed by atoms with Crippen LogP contribution >= 0.6 is 0 Å². The van der Waals surface area contributed by atoms with Crippen LogP contribution in [-0.4, -0.2) is 46.9 Å². The Balaban J connectivity index is 1.79. The van der Waals surface area contributed by atoms with Crippen LogP contribution < -0.4 is 14.4 Å². The van der Waals surface area contributed by atoms with Gasteiger partial charge in [0.25, 0.3) is 10.0 Å². The fraction of sp³-hybridized carbons (Fsp3) is 0.269. The standard InChI is InChI=1S/C26H29N3O4S/c1-18-6-13-22(14-7-18)34(30,31)29-24(20-10-15-25(32-4)26(16-20)33-5)17-23(27-29)19-8-11-21(12-9-19)28(2)3/h6-16,24H,17H2,1-5H3. The summed E-state index contributed by atoms with van der Waals surface area (Å²) in [4.78, 5) is 2.22. The van der Waals surface area contributed by atoms with Crippen LogP contribution in [0.3, 0.4) is 0 Å². The second-order valence-electron chi connectivity index (χ2n) is 8.41. The molecule has 1 aliphatic heterocycles. The first kappa shape index (κ1) is 23.6. The van der Waals surface area contributed by atoms with E-state index in [2.05, 4.69) is 5.10 Å². The molecule has 7 nitrogen and oxygen atoms in total. The number of rotatable bonds is 7. The van der Waals surface area contributed by atoms with Gasteiger partial charge < -0.3 is 14.4 Å². The lowest BCUT2D eigenvalue weighted by Gasteiger charge is -2.24. The van der Waals surface area contributed by atoms with Crippen LogP contribution in [-0.2, 0) is 10.0 Å². The molecule has 0 N–H and O–H groups in total. The van der Waals surface area contributed by atoms with E-state index in [0.29, 0.717) is 23.6 Å². The molecule has 0 aliphatic carbocycles. The Morgan fingerprint density at radius 1 is 0.912 bits per heavy atom. The highest BCUT2D eigenvalue weighted by atomic mass is 32.2. The zero-order chi connectivity index (χ0) is 24.5. The van der Waals surface area contributed by atoms with Crippen molar-refractivity contribution in [2.24, 2.45) is 5.10 Å². The molecule has 0 radical (unpaired) electrons. The molecule has 34 heavy (non-hydrogen) atoms. The van der Waals surface area contributed by atoms with Crippen molar-refractivity contribution < 1.29 is 17.9 Å². The molecule has 0 spiro atoms. The van der Waals surface area contributed by atoms with E-state index < -0.39 is 16.1 Å². The Labute approximate surface area is 201 Å². The monoisotopic (exact) mass is 479 g/mol. The van der Waals surface area contributed by atoms with Gasteiger partial charge in [0.2, 0.25) is 0 Å². The average Bonchev–Trinajstić information content (AvgIpc) is 3.30. The van der Waals surface area contributed by atoms with E-state index in [1.54, 1.807) is 44.6 Å². The number of hydrogen-bond acceptors (Lipinski definition) is 6. The second-order valence-corrected chi connectivity index (χ2v) is 10.2. The maximum absolute atomic E-state index is 13.7. The van der Waals surface area contributed by atoms with Crippen LogP contribution in [0.25, 0.3) is 0 Å². The van der Waals surface area contributed by atoms with Crippen molar-refractivity contribution in [3.63, 3.8) is 0 Å². The normalized spacial score (nSPS) is 15.7. The fourth-order valence-corrected chi connectivity index (χ4v) is 5.40. The first-order chi connectivity index (χ1) is 16.2. The Morgan fingerprint density at radius 3 is 2.15 bits per heavy atom. The molecule has 1 heterocycles. The molecule has 0 saturated heterocycles. The lowest BCUT2D eigenvalue weighted by molar-refractivity contribution is 0.348. The molecule has 1 unspecified atom stereocenters. The van der Waals surface area contributed by atoms with Gasteiger partial charge in [0.15, 0.2) is 11.5 Å². The van der Waals surface area contributed by atoms with Gasteiger partial charge in [-0.05, 0) is 54.4 Å². The molecule has 1 atom stereocenters. The minimum Gasteiger partial charge on any atom is -0.493 e. The highest BCUT2D eigenvalue weighted by Crippen LogP contribution is 2.40. The van der Waals surface area contributed by atoms with Crippen LogP contribution in [0.1, 0.15) is 29.2 Å². The lowest BCUT2D eigenvalue weighted by atomic mass is 9.98. The summed E-state index contributed by atoms with van der Waals surface area (Å²) in [5.41, 5.74) is 4.42. The van der Waals surface area contributed by atoms with Gasteiger partial charge in [-0.3, -0.25) is 0 Å². The summed E-state index contributed by atoms with van der Waals surface area (Å²) in [5.74, 6) is 1.12. The molecule has 3 aromatic carbocycles. The van der Waals surface area contributed by atoms with Crippen molar-refractivity contribution in [3.05, 3.63) is 83.4 Å². The Hall–Kier alpha value is -3.52. The zero-order valence-corrected chi connectivity index (χ0v) is 20.8. The van der Waals surface area contributed by atoms with Crippen LogP contribution in [0.15, 0.2) is 76.7 Å². The van der Waals surface area contributed by atoms with Gasteiger partial charge in [0, 0.05) is 26.2 Å². The number of sulfonamides is 1. The van der Waals surface area contributed by atoms with Gasteiger partial charge in [-0.2, -0.15) is 17.9 Å². The summed E-state index contributed by atoms with van der Waals surface area (Å²) in [7, 11) is 3.20. The van der Waals surface area contributed by atoms with Crippen LogP contribution in [0, 0.1) is 6.92 Å². The average molecular weight is 480 g/mol. The molecular weight excluding hydrogens is 450 g/mol. The molecular formula is C26H29N3O4S. The van der Waals surface area contributed by atoms with E-state index in [1.165, 1.54) is 4.41 Å². The molecule has 0 amide bonds. The summed E-state index contributed by atoms with van der Waals surface area (Å²) >= 11 is 0. The minimum absolute atomic E-state index is 0.205. The second kappa shape index (κ2) is 9.38. The van der Waals surface area contributed by atoms with Crippen molar-refractivity contribution in [1.82, 2.24) is 4.41 Å². The number of hydrogen-bond donors (Lipinski definition) is 0. The van der Waals surface area contributed by atoms with E-state index in [-0.39, 0.29) is 4.90 Å². The SMILES string of the molecule is COc1ccc(C2CC(c3ccc(N(C)C)cc3)=NN2S(=O)(=O)c2ccc(C)cc2)cc1OC. The first-order valence-corrected chi connectivity index (χ1v) is 12.4. The van der Waals surface area contributed by atoms with E-state index in [0.717, 1.165) is 22.4 Å². The third kappa shape index (κ3) is 4.46. The van der Waals surface area contributed by atoms with Crippen LogP contribution in [0.5, 0.6) is 11.5 Å². The number of hydrazone groups is 1. The Morgan fingerprint density at radius 2 is 1.56 bits per heavy atom. The van der Waals surface area contributed by atoms with E-state index >= 15 is 0 Å². The lowest BCUT2D eigenvalue weighted by Crippen LogP contribution is -2.27. The third-order valence-corrected chi connectivity index (χ3v) is 7.64. The molecule has 0 aromatic heterocycles. The Bertz CT molecular complexity index is 1300. The van der Waals surface area contributed by atoms with Gasteiger partial charge in [-0.1, -0.05) is 35.9 Å². The molecule has 3 aromatic rings. The molecule has 0 fully saturated rings. The quantitative estimate of drug-likeness (QED) is 0.495. The molecule has 0 saturated carbocycles. The van der Waals surface area contributed by atoms with Gasteiger partial charge in [0.05, 0.1) is 30.9 Å². The number of nitrogens with zero attached hydrogens (tertiary/aromatic N) is 3. The largest absolute Gasteiger partial charge is 0.493 e. The first-order valence-electron chi connectivity index (χ1n) is 10.9. The molecule has 0 bridgehead atoms. The molecule has 8 heteroatoms. The van der Waals surface area contributed by atoms with Crippen molar-refractivity contribution in [2.45, 2.75) is 24.3 Å². The Kier molecular flexibility index (Phi) is 6.52. The van der Waals surface area contributed by atoms with Crippen molar-refractivity contribution >= 4 is 21.4 Å². The maximum Gasteiger partial charge on any atom is 0.279 e. The smallest absolute Gasteiger partial charge is 0.279 e. The van der Waals surface area contributed by atoms with Gasteiger partial charge >= 0.3 is 0 Å². The minimum atomic E-state index is -3.89. The zero-order valence-electron chi connectivity index (χ0n) is 20.0. The topological polar surface area (TPSA) is 71.4 Å². The highest BCUT2D eigenvalue weighted by molar-refractivity contribution is 7.89. The fourth-order valence-electron chi connectivity index (χ4n) is 3.96. The molecule has 1 aliphatic rings. The third-order valence-electron chi connectivity index (χ3n) is 5.95. The maximum atomic E-state index is 13.7. The van der Waals surface area contributed by atoms with Crippen molar-refractivity contribution in [3.8, 4) is 11.5 Å². The number of ether oxygens (including phenoxy) is 2. The van der Waals surface area contributed by atoms with Gasteiger partial charge in [0.1, 0.15) is 0 Å². The number of anilines is 1. The molecule has 178 valence electrons. The van der Waals surface area contributed by atoms with Crippen LogP contribution in [0.2, 0.25) is 0 Å². The van der Waals surface area contributed by atoms with E-state index in [9.17, 15) is 8.42 Å².